The molecule has 142 valence electrons. The van der Waals surface area contributed by atoms with Gasteiger partial charge in [0.05, 0.1) is 4.90 Å². The zero-order valence-electron chi connectivity index (χ0n) is 15.2. The molecule has 1 heterocycles. The highest BCUT2D eigenvalue weighted by atomic mass is 35.5. The predicted octanol–water partition coefficient (Wildman–Crippen LogP) is 1.96. The molecule has 2 rings (SSSR count). The molecule has 0 saturated carbocycles. The molecule has 1 aliphatic rings. The summed E-state index contributed by atoms with van der Waals surface area (Å²) in [5.74, 6) is -0.133. The third-order valence-electron chi connectivity index (χ3n) is 4.66. The Labute approximate surface area is 157 Å². The van der Waals surface area contributed by atoms with E-state index in [2.05, 4.69) is 5.32 Å². The number of piperidine rings is 1. The summed E-state index contributed by atoms with van der Waals surface area (Å²) in [7, 11) is -0.250. The van der Waals surface area contributed by atoms with E-state index in [9.17, 15) is 13.2 Å². The SMILES string of the molecule is CC(C)N(C)S(=O)(=O)c1cccc(C(=O)N(C)C2CCNCC2)c1.Cl. The second-order valence-electron chi connectivity index (χ2n) is 6.54. The predicted molar refractivity (Wildman–Crippen MR) is 102 cm³/mol. The molecule has 1 N–H and O–H groups in total. The molecule has 1 saturated heterocycles. The quantitative estimate of drug-likeness (QED) is 0.835. The average molecular weight is 390 g/mol. The van der Waals surface area contributed by atoms with Gasteiger partial charge in [-0.1, -0.05) is 6.07 Å². The number of sulfonamides is 1. The summed E-state index contributed by atoms with van der Waals surface area (Å²) in [4.78, 5) is 14.6. The van der Waals surface area contributed by atoms with Crippen molar-refractivity contribution in [3.63, 3.8) is 0 Å². The molecule has 8 heteroatoms. The van der Waals surface area contributed by atoms with Crippen LogP contribution in [0.25, 0.3) is 0 Å². The van der Waals surface area contributed by atoms with E-state index in [1.165, 1.54) is 16.4 Å². The summed E-state index contributed by atoms with van der Waals surface area (Å²) in [5.41, 5.74) is 0.411. The molecule has 0 bridgehead atoms. The second kappa shape index (κ2) is 8.98. The highest BCUT2D eigenvalue weighted by Crippen LogP contribution is 2.20. The van der Waals surface area contributed by atoms with Gasteiger partial charge in [0.15, 0.2) is 0 Å². The van der Waals surface area contributed by atoms with Gasteiger partial charge in [-0.2, -0.15) is 4.31 Å². The molecule has 0 aliphatic carbocycles. The Hall–Kier alpha value is -1.15. The van der Waals surface area contributed by atoms with Crippen molar-refractivity contribution < 1.29 is 13.2 Å². The maximum Gasteiger partial charge on any atom is 0.253 e. The number of halogens is 1. The topological polar surface area (TPSA) is 69.7 Å². The van der Waals surface area contributed by atoms with E-state index in [0.29, 0.717) is 5.56 Å². The number of carbonyl (C=O) groups is 1. The molecular weight excluding hydrogens is 362 g/mol. The molecular formula is C17H28ClN3O3S. The van der Waals surface area contributed by atoms with Gasteiger partial charge in [-0.25, -0.2) is 8.42 Å². The number of hydrogen-bond acceptors (Lipinski definition) is 4. The van der Waals surface area contributed by atoms with Gasteiger partial charge in [0.2, 0.25) is 10.0 Å². The number of rotatable bonds is 5. The minimum Gasteiger partial charge on any atom is -0.339 e. The van der Waals surface area contributed by atoms with E-state index < -0.39 is 10.0 Å². The van der Waals surface area contributed by atoms with Gasteiger partial charge in [-0.15, -0.1) is 12.4 Å². The Bertz CT molecular complexity index is 688. The molecule has 1 amide bonds. The minimum atomic E-state index is -3.59. The molecule has 0 atom stereocenters. The zero-order valence-corrected chi connectivity index (χ0v) is 16.9. The van der Waals surface area contributed by atoms with E-state index in [1.54, 1.807) is 31.1 Å². The molecule has 6 nitrogen and oxygen atoms in total. The first kappa shape index (κ1) is 21.9. The van der Waals surface area contributed by atoms with Crippen LogP contribution in [0.3, 0.4) is 0 Å². The van der Waals surface area contributed by atoms with Gasteiger partial charge < -0.3 is 10.2 Å². The summed E-state index contributed by atoms with van der Waals surface area (Å²) >= 11 is 0. The highest BCUT2D eigenvalue weighted by Gasteiger charge is 2.26. The molecule has 1 aromatic carbocycles. The van der Waals surface area contributed by atoms with Gasteiger partial charge in [-0.3, -0.25) is 4.79 Å². The second-order valence-corrected chi connectivity index (χ2v) is 8.54. The third-order valence-corrected chi connectivity index (χ3v) is 6.69. The fraction of sp³-hybridized carbons (Fsp3) is 0.588. The van der Waals surface area contributed by atoms with Gasteiger partial charge in [0, 0.05) is 31.7 Å². The Morgan fingerprint density at radius 1 is 1.20 bits per heavy atom. The molecule has 0 radical (unpaired) electrons. The molecule has 0 spiro atoms. The van der Waals surface area contributed by atoms with Crippen LogP contribution >= 0.6 is 12.4 Å². The Kier molecular flexibility index (Phi) is 7.87. The zero-order chi connectivity index (χ0) is 17.9. The van der Waals surface area contributed by atoms with Crippen molar-refractivity contribution in [3.05, 3.63) is 29.8 Å². The average Bonchev–Trinajstić information content (AvgIpc) is 2.60. The lowest BCUT2D eigenvalue weighted by Gasteiger charge is -2.31. The molecule has 25 heavy (non-hydrogen) atoms. The van der Waals surface area contributed by atoms with Crippen LogP contribution in [0.5, 0.6) is 0 Å². The fourth-order valence-corrected chi connectivity index (χ4v) is 4.21. The first-order valence-electron chi connectivity index (χ1n) is 8.31. The standard InChI is InChI=1S/C17H27N3O3S.ClH/c1-13(2)20(4)24(22,23)16-7-5-6-14(12-16)17(21)19(3)15-8-10-18-11-9-15;/h5-7,12-13,15,18H,8-11H2,1-4H3;1H. The van der Waals surface area contributed by atoms with Crippen molar-refractivity contribution in [2.45, 2.75) is 43.7 Å². The van der Waals surface area contributed by atoms with Crippen LogP contribution in [0.2, 0.25) is 0 Å². The molecule has 0 unspecified atom stereocenters. The van der Waals surface area contributed by atoms with Crippen molar-refractivity contribution in [1.82, 2.24) is 14.5 Å². The van der Waals surface area contributed by atoms with Crippen molar-refractivity contribution in [2.24, 2.45) is 0 Å². The summed E-state index contributed by atoms with van der Waals surface area (Å²) in [5, 5.41) is 3.28. The van der Waals surface area contributed by atoms with E-state index in [0.717, 1.165) is 25.9 Å². The van der Waals surface area contributed by atoms with Crippen LogP contribution in [0.15, 0.2) is 29.2 Å². The maximum absolute atomic E-state index is 12.7. The molecule has 1 fully saturated rings. The lowest BCUT2D eigenvalue weighted by molar-refractivity contribution is 0.0703. The van der Waals surface area contributed by atoms with E-state index in [-0.39, 0.29) is 35.3 Å². The lowest BCUT2D eigenvalue weighted by atomic mass is 10.0. The van der Waals surface area contributed by atoms with Crippen LogP contribution in [0, 0.1) is 0 Å². The van der Waals surface area contributed by atoms with Crippen LogP contribution < -0.4 is 5.32 Å². The van der Waals surface area contributed by atoms with E-state index in [4.69, 9.17) is 0 Å². The van der Waals surface area contributed by atoms with Crippen molar-refractivity contribution >= 4 is 28.3 Å². The van der Waals surface area contributed by atoms with Crippen LogP contribution in [-0.2, 0) is 10.0 Å². The van der Waals surface area contributed by atoms with Gasteiger partial charge in [-0.05, 0) is 58.0 Å². The minimum absolute atomic E-state index is 0. The Morgan fingerprint density at radius 3 is 2.36 bits per heavy atom. The van der Waals surface area contributed by atoms with E-state index >= 15 is 0 Å². The van der Waals surface area contributed by atoms with Gasteiger partial charge >= 0.3 is 0 Å². The fourth-order valence-electron chi connectivity index (χ4n) is 2.80. The molecule has 0 aromatic heterocycles. The largest absolute Gasteiger partial charge is 0.339 e. The Balaban J connectivity index is 0.00000312. The number of benzene rings is 1. The Morgan fingerprint density at radius 2 is 1.80 bits per heavy atom. The van der Waals surface area contributed by atoms with Crippen molar-refractivity contribution in [1.29, 1.82) is 0 Å². The molecule has 1 aliphatic heterocycles. The first-order valence-corrected chi connectivity index (χ1v) is 9.75. The smallest absolute Gasteiger partial charge is 0.253 e. The van der Waals surface area contributed by atoms with Crippen molar-refractivity contribution in [2.75, 3.05) is 27.2 Å². The summed E-state index contributed by atoms with van der Waals surface area (Å²) < 4.78 is 26.5. The first-order chi connectivity index (χ1) is 11.2. The van der Waals surface area contributed by atoms with Crippen LogP contribution in [-0.4, -0.2) is 62.8 Å². The molecule has 1 aromatic rings. The van der Waals surface area contributed by atoms with Crippen LogP contribution in [0.1, 0.15) is 37.0 Å². The number of nitrogens with zero attached hydrogens (tertiary/aromatic N) is 2. The number of nitrogens with one attached hydrogen (secondary N) is 1. The van der Waals surface area contributed by atoms with Crippen LogP contribution in [0.4, 0.5) is 0 Å². The van der Waals surface area contributed by atoms with Gasteiger partial charge in [0.25, 0.3) is 5.91 Å². The number of hydrogen-bond donors (Lipinski definition) is 1. The van der Waals surface area contributed by atoms with Gasteiger partial charge in [0.1, 0.15) is 0 Å². The maximum atomic E-state index is 12.7. The normalized spacial score (nSPS) is 15.9. The third kappa shape index (κ3) is 4.94. The summed E-state index contributed by atoms with van der Waals surface area (Å²) in [6, 6.07) is 6.37. The summed E-state index contributed by atoms with van der Waals surface area (Å²) in [6.45, 7) is 5.43. The number of amides is 1. The van der Waals surface area contributed by atoms with E-state index in [1.807, 2.05) is 13.8 Å². The number of carbonyl (C=O) groups excluding carboxylic acids is 1. The van der Waals surface area contributed by atoms with Crippen molar-refractivity contribution in [3.8, 4) is 0 Å². The highest BCUT2D eigenvalue weighted by molar-refractivity contribution is 7.89. The lowest BCUT2D eigenvalue weighted by Crippen LogP contribution is -2.44. The summed E-state index contributed by atoms with van der Waals surface area (Å²) in [6.07, 6.45) is 1.83. The monoisotopic (exact) mass is 389 g/mol.